The van der Waals surface area contributed by atoms with Crippen LogP contribution in [0.3, 0.4) is 0 Å². The summed E-state index contributed by atoms with van der Waals surface area (Å²) in [5.74, 6) is 2.51. The van der Waals surface area contributed by atoms with Gasteiger partial charge in [0, 0.05) is 36.4 Å². The first-order valence-corrected chi connectivity index (χ1v) is 10.4. The molecule has 0 spiro atoms. The summed E-state index contributed by atoms with van der Waals surface area (Å²) >= 11 is 2.00. The van der Waals surface area contributed by atoms with Crippen molar-refractivity contribution in [2.75, 3.05) is 29.2 Å². The second-order valence-corrected chi connectivity index (χ2v) is 8.05. The van der Waals surface area contributed by atoms with Crippen molar-refractivity contribution < 1.29 is 0 Å². The number of rotatable bonds is 5. The van der Waals surface area contributed by atoms with Gasteiger partial charge in [-0.25, -0.2) is 4.98 Å². The van der Waals surface area contributed by atoms with E-state index in [2.05, 4.69) is 74.8 Å². The number of nitrogens with one attached hydrogen (secondary N) is 1. The molecule has 28 heavy (non-hydrogen) atoms. The summed E-state index contributed by atoms with van der Waals surface area (Å²) in [5.41, 5.74) is 6.65. The van der Waals surface area contributed by atoms with Crippen LogP contribution in [-0.4, -0.2) is 35.0 Å². The van der Waals surface area contributed by atoms with Gasteiger partial charge >= 0.3 is 0 Å². The predicted molar refractivity (Wildman–Crippen MR) is 118 cm³/mol. The third-order valence-electron chi connectivity index (χ3n) is 4.60. The molecule has 3 aromatic rings. The van der Waals surface area contributed by atoms with Gasteiger partial charge in [-0.2, -0.15) is 21.8 Å². The summed E-state index contributed by atoms with van der Waals surface area (Å²) in [7, 11) is 0. The second-order valence-electron chi connectivity index (χ2n) is 6.74. The highest BCUT2D eigenvalue weighted by Crippen LogP contribution is 2.34. The van der Waals surface area contributed by atoms with Gasteiger partial charge in [-0.1, -0.05) is 60.2 Å². The second kappa shape index (κ2) is 8.89. The Labute approximate surface area is 169 Å². The number of thioether (sulfide) groups is 1. The van der Waals surface area contributed by atoms with Crippen LogP contribution in [0.1, 0.15) is 21.9 Å². The molecule has 0 aliphatic carbocycles. The quantitative estimate of drug-likeness (QED) is 0.513. The lowest BCUT2D eigenvalue weighted by molar-refractivity contribution is 0.749. The molecule has 6 heteroatoms. The molecule has 5 nitrogen and oxygen atoms in total. The number of nitrogens with zero attached hydrogens (tertiary/aromatic N) is 4. The third kappa shape index (κ3) is 4.70. The van der Waals surface area contributed by atoms with Gasteiger partial charge in [0.25, 0.3) is 0 Å². The molecule has 2 aromatic carbocycles. The summed E-state index contributed by atoms with van der Waals surface area (Å²) in [5, 5.41) is 4.75. The summed E-state index contributed by atoms with van der Waals surface area (Å²) in [6, 6.07) is 20.7. The molecular weight excluding hydrogens is 366 g/mol. The Hall–Kier alpha value is -2.86. The van der Waals surface area contributed by atoms with Crippen molar-refractivity contribution >= 4 is 29.7 Å². The van der Waals surface area contributed by atoms with Gasteiger partial charge in [0.2, 0.25) is 5.95 Å². The van der Waals surface area contributed by atoms with Gasteiger partial charge in [0.05, 0.1) is 6.21 Å². The normalized spacial score (nSPS) is 17.0. The zero-order chi connectivity index (χ0) is 19.2. The van der Waals surface area contributed by atoms with E-state index in [1.165, 1.54) is 11.1 Å². The molecule has 1 atom stereocenters. The molecular formula is C22H23N5S. The number of hydrogen-bond acceptors (Lipinski definition) is 6. The molecule has 4 rings (SSSR count). The van der Waals surface area contributed by atoms with E-state index in [0.29, 0.717) is 11.1 Å². The van der Waals surface area contributed by atoms with Gasteiger partial charge in [0.1, 0.15) is 0 Å². The van der Waals surface area contributed by atoms with Crippen molar-refractivity contribution in [3.63, 3.8) is 0 Å². The van der Waals surface area contributed by atoms with E-state index in [0.717, 1.165) is 30.4 Å². The van der Waals surface area contributed by atoms with Gasteiger partial charge in [-0.3, -0.25) is 5.43 Å². The summed E-state index contributed by atoms with van der Waals surface area (Å²) in [6.07, 6.45) is 3.59. The van der Waals surface area contributed by atoms with E-state index in [9.17, 15) is 0 Å². The fourth-order valence-corrected chi connectivity index (χ4v) is 4.43. The predicted octanol–water partition coefficient (Wildman–Crippen LogP) is 4.53. The zero-order valence-electron chi connectivity index (χ0n) is 15.8. The average molecular weight is 390 g/mol. The fourth-order valence-electron chi connectivity index (χ4n) is 3.19. The highest BCUT2D eigenvalue weighted by atomic mass is 32.2. The van der Waals surface area contributed by atoms with Crippen LogP contribution in [0.15, 0.2) is 72.0 Å². The number of aryl methyl sites for hydroxylation is 1. The number of aromatic nitrogens is 2. The Morgan fingerprint density at radius 1 is 1.14 bits per heavy atom. The Morgan fingerprint density at radius 3 is 2.89 bits per heavy atom. The molecule has 1 saturated heterocycles. The van der Waals surface area contributed by atoms with Crippen LogP contribution >= 0.6 is 11.8 Å². The van der Waals surface area contributed by atoms with Crippen LogP contribution < -0.4 is 10.3 Å². The number of hydrazone groups is 1. The maximum Gasteiger partial charge on any atom is 0.227 e. The maximum atomic E-state index is 4.65. The largest absolute Gasteiger partial charge is 0.338 e. The van der Waals surface area contributed by atoms with Crippen molar-refractivity contribution in [1.82, 2.24) is 9.97 Å². The minimum atomic E-state index is 0.439. The lowest BCUT2D eigenvalue weighted by Crippen LogP contribution is -2.35. The van der Waals surface area contributed by atoms with E-state index < -0.39 is 0 Å². The minimum Gasteiger partial charge on any atom is -0.338 e. The van der Waals surface area contributed by atoms with Crippen LogP contribution in [0.25, 0.3) is 0 Å². The molecule has 0 saturated carbocycles. The maximum absolute atomic E-state index is 4.65. The van der Waals surface area contributed by atoms with E-state index in [1.807, 2.05) is 30.0 Å². The van der Waals surface area contributed by atoms with Crippen LogP contribution in [-0.2, 0) is 0 Å². The van der Waals surface area contributed by atoms with Crippen molar-refractivity contribution in [2.24, 2.45) is 5.10 Å². The topological polar surface area (TPSA) is 53.4 Å². The molecule has 1 aliphatic heterocycles. The van der Waals surface area contributed by atoms with E-state index in [4.69, 9.17) is 0 Å². The van der Waals surface area contributed by atoms with Crippen molar-refractivity contribution in [2.45, 2.75) is 12.2 Å². The van der Waals surface area contributed by atoms with Gasteiger partial charge in [-0.05, 0) is 18.1 Å². The molecule has 0 amide bonds. The van der Waals surface area contributed by atoms with Gasteiger partial charge in [-0.15, -0.1) is 0 Å². The van der Waals surface area contributed by atoms with Crippen LogP contribution in [0, 0.1) is 6.92 Å². The molecule has 2 heterocycles. The average Bonchev–Trinajstić information content (AvgIpc) is 2.75. The van der Waals surface area contributed by atoms with Crippen LogP contribution in [0.4, 0.5) is 11.8 Å². The Bertz CT molecular complexity index is 944. The van der Waals surface area contributed by atoms with Crippen molar-refractivity contribution in [3.05, 3.63) is 83.6 Å². The Kier molecular flexibility index (Phi) is 5.87. The molecule has 1 N–H and O–H groups in total. The first-order valence-electron chi connectivity index (χ1n) is 9.38. The molecule has 1 aromatic heterocycles. The smallest absolute Gasteiger partial charge is 0.227 e. The van der Waals surface area contributed by atoms with Crippen LogP contribution in [0.5, 0.6) is 0 Å². The highest BCUT2D eigenvalue weighted by Gasteiger charge is 2.23. The number of hydrogen-bond donors (Lipinski definition) is 1. The standard InChI is InChI=1S/C22H23N5S/c1-17-6-5-7-18(14-17)15-24-26-21-10-11-23-22(25-21)27-12-13-28-20(16-27)19-8-3-2-4-9-19/h2-11,14-15,20H,12-13,16H2,1H3,(H,23,25,26)/b24-15+. The first-order chi connectivity index (χ1) is 13.8. The Morgan fingerprint density at radius 2 is 2.04 bits per heavy atom. The molecule has 0 bridgehead atoms. The van der Waals surface area contributed by atoms with Gasteiger partial charge < -0.3 is 4.90 Å². The van der Waals surface area contributed by atoms with Crippen molar-refractivity contribution in [1.29, 1.82) is 0 Å². The van der Waals surface area contributed by atoms with Gasteiger partial charge in [0.15, 0.2) is 5.82 Å². The molecule has 1 aliphatic rings. The highest BCUT2D eigenvalue weighted by molar-refractivity contribution is 7.99. The SMILES string of the molecule is Cc1cccc(/C=N/Nc2ccnc(N3CCSC(c4ccccc4)C3)n2)c1. The van der Waals surface area contributed by atoms with E-state index in [-0.39, 0.29) is 0 Å². The summed E-state index contributed by atoms with van der Waals surface area (Å²) in [6.45, 7) is 3.93. The third-order valence-corrected chi connectivity index (χ3v) is 5.84. The molecule has 1 fully saturated rings. The first kappa shape index (κ1) is 18.5. The number of benzene rings is 2. The van der Waals surface area contributed by atoms with E-state index >= 15 is 0 Å². The monoisotopic (exact) mass is 389 g/mol. The summed E-state index contributed by atoms with van der Waals surface area (Å²) in [4.78, 5) is 11.4. The van der Waals surface area contributed by atoms with Crippen LogP contribution in [0.2, 0.25) is 0 Å². The fraction of sp³-hybridized carbons (Fsp3) is 0.227. The molecule has 0 radical (unpaired) electrons. The zero-order valence-corrected chi connectivity index (χ0v) is 16.6. The molecule has 142 valence electrons. The molecule has 1 unspecified atom stereocenters. The number of anilines is 2. The van der Waals surface area contributed by atoms with Crippen molar-refractivity contribution in [3.8, 4) is 0 Å². The lowest BCUT2D eigenvalue weighted by Gasteiger charge is -2.32. The Balaban J connectivity index is 1.43. The lowest BCUT2D eigenvalue weighted by atomic mass is 10.1. The van der Waals surface area contributed by atoms with E-state index in [1.54, 1.807) is 12.4 Å². The minimum absolute atomic E-state index is 0.439. The summed E-state index contributed by atoms with van der Waals surface area (Å²) < 4.78 is 0.